The molecule has 0 bridgehead atoms. The van der Waals surface area contributed by atoms with Crippen molar-refractivity contribution in [3.8, 4) is 11.1 Å². The van der Waals surface area contributed by atoms with Crippen LogP contribution in [-0.4, -0.2) is 32.8 Å². The van der Waals surface area contributed by atoms with Crippen molar-refractivity contribution in [2.24, 2.45) is 7.05 Å². The van der Waals surface area contributed by atoms with Gasteiger partial charge < -0.3 is 15.8 Å². The van der Waals surface area contributed by atoms with E-state index in [1.807, 2.05) is 14.0 Å². The zero-order chi connectivity index (χ0) is 22.8. The summed E-state index contributed by atoms with van der Waals surface area (Å²) in [6, 6.07) is 8.13. The van der Waals surface area contributed by atoms with Crippen LogP contribution >= 0.6 is 0 Å². The number of rotatable bonds is 6. The average molecular weight is 434 g/mol. The molecule has 4 rings (SSSR count). The van der Waals surface area contributed by atoms with Crippen molar-refractivity contribution in [2.45, 2.75) is 58.8 Å². The fourth-order valence-corrected chi connectivity index (χ4v) is 4.22. The minimum atomic E-state index is -0.218. The number of aromatic nitrogens is 3. The number of hydrogen-bond donors (Lipinski definition) is 2. The van der Waals surface area contributed by atoms with Gasteiger partial charge in [0.2, 0.25) is 0 Å². The van der Waals surface area contributed by atoms with E-state index >= 15 is 0 Å². The van der Waals surface area contributed by atoms with Gasteiger partial charge >= 0.3 is 0 Å². The van der Waals surface area contributed by atoms with Gasteiger partial charge in [-0.1, -0.05) is 18.2 Å². The van der Waals surface area contributed by atoms with Crippen molar-refractivity contribution in [3.63, 3.8) is 0 Å². The Balaban J connectivity index is 1.45. The van der Waals surface area contributed by atoms with Crippen LogP contribution in [0.25, 0.3) is 11.1 Å². The summed E-state index contributed by atoms with van der Waals surface area (Å²) in [5, 5.41) is 7.42. The minimum absolute atomic E-state index is 0.0153. The standard InChI is InChI=1S/C25H31N5O2/c1-15-8-9-18(10-16(15)2)14-32-23-7-5-6-22(23)29-25(31)20-11-19(12-27-24(20)26)21-13-28-30(4)17(21)3/h8-13,22-23H,5-7,14H2,1-4H3,(H2,26,27)(H,29,31)/t22-,23-/m0/s1. The molecule has 0 saturated heterocycles. The summed E-state index contributed by atoms with van der Waals surface area (Å²) in [5.41, 5.74) is 12.9. The highest BCUT2D eigenvalue weighted by molar-refractivity contribution is 5.99. The second kappa shape index (κ2) is 9.12. The maximum absolute atomic E-state index is 13.1. The Labute approximate surface area is 189 Å². The fraction of sp³-hybridized carbons (Fsp3) is 0.400. The number of nitrogen functional groups attached to an aromatic ring is 1. The van der Waals surface area contributed by atoms with Crippen molar-refractivity contribution in [3.05, 3.63) is 64.6 Å². The van der Waals surface area contributed by atoms with Gasteiger partial charge in [0.1, 0.15) is 5.82 Å². The summed E-state index contributed by atoms with van der Waals surface area (Å²) >= 11 is 0. The number of anilines is 1. The number of carbonyl (C=O) groups excluding carboxylic acids is 1. The van der Waals surface area contributed by atoms with Gasteiger partial charge in [-0.15, -0.1) is 0 Å². The van der Waals surface area contributed by atoms with Crippen molar-refractivity contribution in [2.75, 3.05) is 5.73 Å². The van der Waals surface area contributed by atoms with Crippen molar-refractivity contribution < 1.29 is 9.53 Å². The average Bonchev–Trinajstić information content (AvgIpc) is 3.35. The van der Waals surface area contributed by atoms with E-state index < -0.39 is 0 Å². The Bertz CT molecular complexity index is 1140. The Morgan fingerprint density at radius 3 is 2.72 bits per heavy atom. The first kappa shape index (κ1) is 22.0. The second-order valence-electron chi connectivity index (χ2n) is 8.70. The van der Waals surface area contributed by atoms with Gasteiger partial charge in [0.15, 0.2) is 0 Å². The highest BCUT2D eigenvalue weighted by atomic mass is 16.5. The monoisotopic (exact) mass is 433 g/mol. The first-order chi connectivity index (χ1) is 15.3. The van der Waals surface area contributed by atoms with Gasteiger partial charge in [0, 0.05) is 30.1 Å². The number of ether oxygens (including phenoxy) is 1. The van der Waals surface area contributed by atoms with Gasteiger partial charge in [-0.25, -0.2) is 4.98 Å². The lowest BCUT2D eigenvalue weighted by Crippen LogP contribution is -2.41. The van der Waals surface area contributed by atoms with Crippen LogP contribution in [0.1, 0.15) is 52.0 Å². The number of carbonyl (C=O) groups is 1. The van der Waals surface area contributed by atoms with Crippen molar-refractivity contribution in [1.29, 1.82) is 0 Å². The summed E-state index contributed by atoms with van der Waals surface area (Å²) < 4.78 is 8.00. The zero-order valence-electron chi connectivity index (χ0n) is 19.2. The van der Waals surface area contributed by atoms with Crippen LogP contribution in [0.5, 0.6) is 0 Å². The first-order valence-electron chi connectivity index (χ1n) is 11.1. The number of amides is 1. The molecule has 32 heavy (non-hydrogen) atoms. The normalized spacial score (nSPS) is 18.1. The van der Waals surface area contributed by atoms with E-state index in [0.29, 0.717) is 12.2 Å². The number of aryl methyl sites for hydroxylation is 3. The highest BCUT2D eigenvalue weighted by Gasteiger charge is 2.30. The third-order valence-electron chi connectivity index (χ3n) is 6.51. The fourth-order valence-electron chi connectivity index (χ4n) is 4.22. The third-order valence-corrected chi connectivity index (χ3v) is 6.51. The number of benzene rings is 1. The smallest absolute Gasteiger partial charge is 0.255 e. The lowest BCUT2D eigenvalue weighted by Gasteiger charge is -2.22. The Morgan fingerprint density at radius 1 is 1.19 bits per heavy atom. The highest BCUT2D eigenvalue weighted by Crippen LogP contribution is 2.27. The number of nitrogens with one attached hydrogen (secondary N) is 1. The number of nitrogens with two attached hydrogens (primary N) is 1. The van der Waals surface area contributed by atoms with Crippen LogP contribution in [0.2, 0.25) is 0 Å². The van der Waals surface area contributed by atoms with Crippen LogP contribution < -0.4 is 11.1 Å². The third kappa shape index (κ3) is 4.53. The molecule has 1 aliphatic carbocycles. The summed E-state index contributed by atoms with van der Waals surface area (Å²) in [6.07, 6.45) is 6.28. The summed E-state index contributed by atoms with van der Waals surface area (Å²) in [7, 11) is 1.88. The van der Waals surface area contributed by atoms with Crippen LogP contribution in [-0.2, 0) is 18.4 Å². The molecule has 0 unspecified atom stereocenters. The molecular weight excluding hydrogens is 402 g/mol. The predicted molar refractivity (Wildman–Crippen MR) is 125 cm³/mol. The van der Waals surface area contributed by atoms with Crippen LogP contribution in [0.3, 0.4) is 0 Å². The van der Waals surface area contributed by atoms with Crippen LogP contribution in [0.15, 0.2) is 36.7 Å². The molecule has 2 aromatic heterocycles. The molecule has 3 aromatic rings. The van der Waals surface area contributed by atoms with Gasteiger partial charge in [-0.2, -0.15) is 5.10 Å². The summed E-state index contributed by atoms with van der Waals surface area (Å²) in [5.74, 6) is 0.00321. The van der Waals surface area contributed by atoms with Gasteiger partial charge in [-0.3, -0.25) is 9.48 Å². The first-order valence-corrected chi connectivity index (χ1v) is 11.1. The quantitative estimate of drug-likeness (QED) is 0.616. The lowest BCUT2D eigenvalue weighted by molar-refractivity contribution is 0.0272. The largest absolute Gasteiger partial charge is 0.383 e. The molecule has 0 spiro atoms. The summed E-state index contributed by atoms with van der Waals surface area (Å²) in [4.78, 5) is 17.4. The van der Waals surface area contributed by atoms with Crippen LogP contribution in [0, 0.1) is 20.8 Å². The summed E-state index contributed by atoms with van der Waals surface area (Å²) in [6.45, 7) is 6.73. The molecular formula is C25H31N5O2. The minimum Gasteiger partial charge on any atom is -0.383 e. The zero-order valence-corrected chi connectivity index (χ0v) is 19.2. The Hall–Kier alpha value is -3.19. The van der Waals surface area contributed by atoms with Crippen LogP contribution in [0.4, 0.5) is 5.82 Å². The Morgan fingerprint density at radius 2 is 2.00 bits per heavy atom. The molecule has 0 radical (unpaired) electrons. The molecule has 1 fully saturated rings. The van der Waals surface area contributed by atoms with E-state index in [9.17, 15) is 4.79 Å². The number of pyridine rings is 1. The molecule has 1 amide bonds. The van der Waals surface area contributed by atoms with E-state index in [1.54, 1.807) is 23.1 Å². The van der Waals surface area contributed by atoms with Gasteiger partial charge in [0.25, 0.3) is 5.91 Å². The molecule has 7 nitrogen and oxygen atoms in total. The molecule has 168 valence electrons. The molecule has 2 heterocycles. The number of nitrogens with zero attached hydrogens (tertiary/aromatic N) is 3. The van der Waals surface area contributed by atoms with E-state index in [1.165, 1.54) is 11.1 Å². The maximum Gasteiger partial charge on any atom is 0.255 e. The number of hydrogen-bond acceptors (Lipinski definition) is 5. The maximum atomic E-state index is 13.1. The SMILES string of the molecule is Cc1ccc(CO[C@H]2CCC[C@@H]2NC(=O)c2cc(-c3cnn(C)c3C)cnc2N)cc1C. The van der Waals surface area contributed by atoms with E-state index in [4.69, 9.17) is 10.5 Å². The molecule has 7 heteroatoms. The van der Waals surface area contributed by atoms with E-state index in [-0.39, 0.29) is 23.9 Å². The topological polar surface area (TPSA) is 95.1 Å². The van der Waals surface area contributed by atoms with Crippen molar-refractivity contribution in [1.82, 2.24) is 20.1 Å². The van der Waals surface area contributed by atoms with E-state index in [0.717, 1.165) is 41.6 Å². The van der Waals surface area contributed by atoms with Gasteiger partial charge in [0.05, 0.1) is 30.5 Å². The molecule has 1 saturated carbocycles. The molecule has 1 aromatic carbocycles. The second-order valence-corrected chi connectivity index (χ2v) is 8.70. The molecule has 0 aliphatic heterocycles. The molecule has 2 atom stereocenters. The molecule has 1 aliphatic rings. The predicted octanol–water partition coefficient (Wildman–Crippen LogP) is 3.86. The van der Waals surface area contributed by atoms with Gasteiger partial charge in [-0.05, 0) is 62.8 Å². The van der Waals surface area contributed by atoms with Crippen molar-refractivity contribution >= 4 is 11.7 Å². The molecule has 3 N–H and O–H groups in total. The lowest BCUT2D eigenvalue weighted by atomic mass is 10.1. The van der Waals surface area contributed by atoms with E-state index in [2.05, 4.69) is 47.4 Å². The Kier molecular flexibility index (Phi) is 6.28.